The van der Waals surface area contributed by atoms with Gasteiger partial charge in [-0.05, 0) is 18.1 Å². The number of benzene rings is 1. The molecule has 4 N–H and O–H groups in total. The van der Waals surface area contributed by atoms with Crippen LogP contribution in [0.4, 0.5) is 0 Å². The van der Waals surface area contributed by atoms with Crippen molar-refractivity contribution in [2.24, 2.45) is 0 Å². The molecule has 0 bridgehead atoms. The van der Waals surface area contributed by atoms with E-state index in [0.717, 1.165) is 0 Å². The van der Waals surface area contributed by atoms with Crippen LogP contribution in [0.1, 0.15) is 25.3 Å². The zero-order valence-corrected chi connectivity index (χ0v) is 13.0. The molecule has 0 saturated heterocycles. The number of amides is 2. The number of hydrogen-bond donors (Lipinski definition) is 4. The molecule has 8 heteroatoms. The second-order valence-electron chi connectivity index (χ2n) is 4.95. The minimum atomic E-state index is -1.37. The van der Waals surface area contributed by atoms with Crippen molar-refractivity contribution in [3.8, 4) is 0 Å². The highest BCUT2D eigenvalue weighted by Gasteiger charge is 2.23. The summed E-state index contributed by atoms with van der Waals surface area (Å²) < 4.78 is 0. The minimum Gasteiger partial charge on any atom is -0.481 e. The van der Waals surface area contributed by atoms with Crippen LogP contribution in [0.25, 0.3) is 6.08 Å². The molecule has 1 atom stereocenters. The van der Waals surface area contributed by atoms with Crippen molar-refractivity contribution in [3.05, 3.63) is 41.6 Å². The Morgan fingerprint density at radius 3 is 2.25 bits per heavy atom. The van der Waals surface area contributed by atoms with Gasteiger partial charge in [0, 0.05) is 13.3 Å². The summed E-state index contributed by atoms with van der Waals surface area (Å²) in [6.07, 6.45) is 0.719. The molecule has 0 aliphatic heterocycles. The SMILES string of the molecule is CC(=O)N/C(=C\c1ccccc1)C(=O)NC(CCC(=O)O)C(=O)O. The van der Waals surface area contributed by atoms with Gasteiger partial charge in [0.1, 0.15) is 11.7 Å². The van der Waals surface area contributed by atoms with Crippen LogP contribution >= 0.6 is 0 Å². The van der Waals surface area contributed by atoms with E-state index in [4.69, 9.17) is 10.2 Å². The van der Waals surface area contributed by atoms with Crippen molar-refractivity contribution in [3.63, 3.8) is 0 Å². The maximum atomic E-state index is 12.2. The topological polar surface area (TPSA) is 133 Å². The molecule has 8 nitrogen and oxygen atoms in total. The van der Waals surface area contributed by atoms with Gasteiger partial charge in [0.05, 0.1) is 0 Å². The van der Waals surface area contributed by atoms with Gasteiger partial charge >= 0.3 is 11.9 Å². The number of carboxylic acids is 2. The van der Waals surface area contributed by atoms with Crippen molar-refractivity contribution >= 4 is 29.8 Å². The van der Waals surface area contributed by atoms with Gasteiger partial charge in [0.2, 0.25) is 5.91 Å². The van der Waals surface area contributed by atoms with Crippen LogP contribution in [0.15, 0.2) is 36.0 Å². The number of carboxylic acid groups (broad SMARTS) is 2. The van der Waals surface area contributed by atoms with Gasteiger partial charge in [-0.15, -0.1) is 0 Å². The summed E-state index contributed by atoms with van der Waals surface area (Å²) >= 11 is 0. The van der Waals surface area contributed by atoms with Crippen LogP contribution in [0, 0.1) is 0 Å². The first-order valence-corrected chi connectivity index (χ1v) is 7.09. The van der Waals surface area contributed by atoms with Gasteiger partial charge in [-0.25, -0.2) is 4.79 Å². The molecule has 1 rings (SSSR count). The predicted molar refractivity (Wildman–Crippen MR) is 84.7 cm³/mol. The Hall–Kier alpha value is -3.16. The molecule has 0 heterocycles. The molecular weight excluding hydrogens is 316 g/mol. The molecule has 0 radical (unpaired) electrons. The lowest BCUT2D eigenvalue weighted by Crippen LogP contribution is -2.44. The maximum absolute atomic E-state index is 12.2. The Labute approximate surface area is 138 Å². The first-order valence-electron chi connectivity index (χ1n) is 7.09. The number of carbonyl (C=O) groups is 4. The summed E-state index contributed by atoms with van der Waals surface area (Å²) in [4.78, 5) is 45.2. The van der Waals surface area contributed by atoms with Crippen molar-refractivity contribution < 1.29 is 29.4 Å². The van der Waals surface area contributed by atoms with Gasteiger partial charge < -0.3 is 20.8 Å². The standard InChI is InChI=1S/C16H18N2O6/c1-10(19)17-13(9-11-5-3-2-4-6-11)15(22)18-12(16(23)24)7-8-14(20)21/h2-6,9,12H,7-8H2,1H3,(H,17,19)(H,18,22)(H,20,21)(H,23,24)/b13-9-. The third-order valence-corrected chi connectivity index (χ3v) is 2.92. The van der Waals surface area contributed by atoms with E-state index in [1.165, 1.54) is 13.0 Å². The molecule has 0 saturated carbocycles. The van der Waals surface area contributed by atoms with Gasteiger partial charge in [-0.2, -0.15) is 0 Å². The highest BCUT2D eigenvalue weighted by molar-refractivity contribution is 6.02. The van der Waals surface area contributed by atoms with E-state index in [-0.39, 0.29) is 12.1 Å². The van der Waals surface area contributed by atoms with Crippen molar-refractivity contribution in [1.82, 2.24) is 10.6 Å². The number of nitrogens with one attached hydrogen (secondary N) is 2. The Bertz CT molecular complexity index is 654. The van der Waals surface area contributed by atoms with E-state index in [2.05, 4.69) is 10.6 Å². The van der Waals surface area contributed by atoms with Crippen molar-refractivity contribution in [2.45, 2.75) is 25.8 Å². The average Bonchev–Trinajstić information content (AvgIpc) is 2.50. The van der Waals surface area contributed by atoms with E-state index in [0.29, 0.717) is 5.56 Å². The summed E-state index contributed by atoms with van der Waals surface area (Å²) in [6, 6.07) is 7.29. The Morgan fingerprint density at radius 1 is 1.12 bits per heavy atom. The van der Waals surface area contributed by atoms with Crippen LogP contribution in [-0.2, 0) is 19.2 Å². The second-order valence-corrected chi connectivity index (χ2v) is 4.95. The van der Waals surface area contributed by atoms with E-state index in [9.17, 15) is 19.2 Å². The number of rotatable bonds is 8. The lowest BCUT2D eigenvalue weighted by Gasteiger charge is -2.15. The minimum absolute atomic E-state index is 0.129. The monoisotopic (exact) mass is 334 g/mol. The third-order valence-electron chi connectivity index (χ3n) is 2.92. The van der Waals surface area contributed by atoms with Gasteiger partial charge in [-0.3, -0.25) is 14.4 Å². The molecule has 0 aromatic heterocycles. The first-order chi connectivity index (χ1) is 11.3. The number of hydrogen-bond acceptors (Lipinski definition) is 4. The predicted octanol–water partition coefficient (Wildman–Crippen LogP) is 0.598. The molecule has 1 aromatic carbocycles. The molecule has 128 valence electrons. The van der Waals surface area contributed by atoms with Crippen LogP contribution in [0.2, 0.25) is 0 Å². The number of aliphatic carboxylic acids is 2. The summed E-state index contributed by atoms with van der Waals surface area (Å²) in [5.74, 6) is -3.83. The number of carbonyl (C=O) groups excluding carboxylic acids is 2. The Kier molecular flexibility index (Phi) is 7.15. The summed E-state index contributed by atoms with van der Waals surface area (Å²) in [6.45, 7) is 1.21. The lowest BCUT2D eigenvalue weighted by molar-refractivity contribution is -0.142. The molecule has 0 spiro atoms. The highest BCUT2D eigenvalue weighted by atomic mass is 16.4. The van der Waals surface area contributed by atoms with Crippen LogP contribution in [0.5, 0.6) is 0 Å². The van der Waals surface area contributed by atoms with Crippen LogP contribution in [0.3, 0.4) is 0 Å². The van der Waals surface area contributed by atoms with Crippen LogP contribution in [-0.4, -0.2) is 40.0 Å². The molecule has 0 aliphatic carbocycles. The zero-order valence-electron chi connectivity index (χ0n) is 13.0. The van der Waals surface area contributed by atoms with E-state index in [1.54, 1.807) is 30.3 Å². The maximum Gasteiger partial charge on any atom is 0.326 e. The fraction of sp³-hybridized carbons (Fsp3) is 0.250. The molecule has 2 amide bonds. The van der Waals surface area contributed by atoms with Crippen LogP contribution < -0.4 is 10.6 Å². The highest BCUT2D eigenvalue weighted by Crippen LogP contribution is 2.06. The average molecular weight is 334 g/mol. The molecule has 24 heavy (non-hydrogen) atoms. The largest absolute Gasteiger partial charge is 0.481 e. The van der Waals surface area contributed by atoms with E-state index in [1.807, 2.05) is 0 Å². The van der Waals surface area contributed by atoms with Gasteiger partial charge in [0.15, 0.2) is 0 Å². The lowest BCUT2D eigenvalue weighted by atomic mass is 10.1. The zero-order chi connectivity index (χ0) is 18.1. The molecule has 0 fully saturated rings. The smallest absolute Gasteiger partial charge is 0.326 e. The fourth-order valence-corrected chi connectivity index (χ4v) is 1.83. The van der Waals surface area contributed by atoms with Crippen molar-refractivity contribution in [1.29, 1.82) is 0 Å². The Balaban J connectivity index is 2.94. The second kappa shape index (κ2) is 9.09. The summed E-state index contributed by atoms with van der Waals surface area (Å²) in [5, 5.41) is 22.3. The summed E-state index contributed by atoms with van der Waals surface area (Å²) in [7, 11) is 0. The molecule has 1 aromatic rings. The van der Waals surface area contributed by atoms with Gasteiger partial charge in [-0.1, -0.05) is 30.3 Å². The Morgan fingerprint density at radius 2 is 1.75 bits per heavy atom. The molecular formula is C16H18N2O6. The normalized spacial score (nSPS) is 12.1. The van der Waals surface area contributed by atoms with E-state index < -0.39 is 36.2 Å². The van der Waals surface area contributed by atoms with E-state index >= 15 is 0 Å². The fourth-order valence-electron chi connectivity index (χ4n) is 1.83. The molecule has 1 unspecified atom stereocenters. The third kappa shape index (κ3) is 6.73. The van der Waals surface area contributed by atoms with Gasteiger partial charge in [0.25, 0.3) is 5.91 Å². The molecule has 0 aliphatic rings. The first kappa shape index (κ1) is 18.9. The summed E-state index contributed by atoms with van der Waals surface area (Å²) in [5.41, 5.74) is 0.504. The quantitative estimate of drug-likeness (QED) is 0.515. The van der Waals surface area contributed by atoms with Crippen molar-refractivity contribution in [2.75, 3.05) is 0 Å².